The molecule has 10 heteroatoms. The van der Waals surface area contributed by atoms with Gasteiger partial charge >= 0.3 is 11.9 Å². The molecule has 0 radical (unpaired) electrons. The third kappa shape index (κ3) is 7.61. The molecule has 0 saturated heterocycles. The van der Waals surface area contributed by atoms with E-state index in [4.69, 9.17) is 4.74 Å². The zero-order chi connectivity index (χ0) is 41.1. The molecular formula is C48H38F4N2O4. The molecule has 0 atom stereocenters. The first-order valence-electron chi connectivity index (χ1n) is 18.6. The van der Waals surface area contributed by atoms with Gasteiger partial charge in [-0.05, 0) is 69.3 Å². The first-order chi connectivity index (χ1) is 28.0. The van der Waals surface area contributed by atoms with E-state index in [2.05, 4.69) is 0 Å². The third-order valence-electron chi connectivity index (χ3n) is 9.97. The number of ether oxygens (including phenoxy) is 1. The van der Waals surface area contributed by atoms with E-state index < -0.39 is 29.4 Å². The number of aryl methyl sites for hydroxylation is 2. The lowest BCUT2D eigenvalue weighted by Crippen LogP contribution is -2.14. The van der Waals surface area contributed by atoms with E-state index in [9.17, 15) is 32.3 Å². The largest absolute Gasteiger partial charge is 0.477 e. The van der Waals surface area contributed by atoms with Gasteiger partial charge in [0.05, 0.1) is 19.7 Å². The lowest BCUT2D eigenvalue weighted by Gasteiger charge is -2.12. The zero-order valence-electron chi connectivity index (χ0n) is 31.9. The molecule has 6 aromatic carbocycles. The molecule has 0 aliphatic rings. The SMILES string of the molecule is CCOC(=O)c1c(-c2ccccc2F)c2cc(C)ccc2n1Cc1ccccc1F.Cc1ccc2c(c1)c(-c1ccccc1F)c(C(=O)O)n2Cc1ccccc1F. The van der Waals surface area contributed by atoms with Gasteiger partial charge in [0.2, 0.25) is 0 Å². The van der Waals surface area contributed by atoms with Gasteiger partial charge in [0.25, 0.3) is 0 Å². The number of aromatic nitrogens is 2. The maximum Gasteiger partial charge on any atom is 0.355 e. The molecule has 8 rings (SSSR count). The minimum Gasteiger partial charge on any atom is -0.477 e. The Morgan fingerprint density at radius 3 is 1.36 bits per heavy atom. The summed E-state index contributed by atoms with van der Waals surface area (Å²) in [4.78, 5) is 25.3. The molecule has 0 bridgehead atoms. The summed E-state index contributed by atoms with van der Waals surface area (Å²) in [6.07, 6.45) is 0. The Balaban J connectivity index is 0.000000177. The van der Waals surface area contributed by atoms with Crippen LogP contribution < -0.4 is 0 Å². The Bertz CT molecular complexity index is 2840. The van der Waals surface area contributed by atoms with E-state index in [1.54, 1.807) is 90.4 Å². The monoisotopic (exact) mass is 782 g/mol. The highest BCUT2D eigenvalue weighted by molar-refractivity contribution is 6.10. The van der Waals surface area contributed by atoms with Crippen molar-refractivity contribution in [3.63, 3.8) is 0 Å². The number of hydrogen-bond acceptors (Lipinski definition) is 3. The molecule has 6 nitrogen and oxygen atoms in total. The summed E-state index contributed by atoms with van der Waals surface area (Å²) >= 11 is 0. The Morgan fingerprint density at radius 1 is 0.552 bits per heavy atom. The number of carboxylic acids is 1. The quantitative estimate of drug-likeness (QED) is 0.117. The van der Waals surface area contributed by atoms with Gasteiger partial charge < -0.3 is 19.0 Å². The first-order valence-corrected chi connectivity index (χ1v) is 18.6. The van der Waals surface area contributed by atoms with Crippen molar-refractivity contribution in [2.75, 3.05) is 6.61 Å². The maximum absolute atomic E-state index is 14.8. The standard InChI is InChI=1S/C25H21F2NO2.C23H17F2NO2/c1-3-30-25(29)24-23(18-9-5-7-11-21(18)27)19-14-16(2)12-13-22(19)28(24)15-17-8-4-6-10-20(17)26;1-14-10-11-20-17(12-14)21(16-7-3-5-9-19(16)25)22(23(27)28)26(20)13-15-6-2-4-8-18(15)24/h4-14H,3,15H2,1-2H3;2-12H,13H2,1H3,(H,27,28). The second-order valence-corrected chi connectivity index (χ2v) is 13.8. The van der Waals surface area contributed by atoms with E-state index in [1.165, 1.54) is 28.8 Å². The smallest absolute Gasteiger partial charge is 0.355 e. The van der Waals surface area contributed by atoms with Gasteiger partial charge in [-0.25, -0.2) is 27.2 Å². The summed E-state index contributed by atoms with van der Waals surface area (Å²) < 4.78 is 66.6. The van der Waals surface area contributed by atoms with Crippen LogP contribution >= 0.6 is 0 Å². The van der Waals surface area contributed by atoms with Crippen molar-refractivity contribution in [2.45, 2.75) is 33.9 Å². The minimum atomic E-state index is -1.19. The Labute approximate surface area is 332 Å². The summed E-state index contributed by atoms with van der Waals surface area (Å²) in [5.74, 6) is -3.48. The molecule has 0 saturated carbocycles. The van der Waals surface area contributed by atoms with E-state index in [0.29, 0.717) is 44.2 Å². The number of fused-ring (bicyclic) bond motifs is 2. The summed E-state index contributed by atoms with van der Waals surface area (Å²) in [5, 5.41) is 11.3. The number of carbonyl (C=O) groups excluding carboxylic acids is 1. The fraction of sp³-hybridized carbons (Fsp3) is 0.125. The topological polar surface area (TPSA) is 73.5 Å². The average Bonchev–Trinajstić information content (AvgIpc) is 3.68. The van der Waals surface area contributed by atoms with Crippen LogP contribution in [0.1, 0.15) is 50.2 Å². The molecule has 0 unspecified atom stereocenters. The number of aromatic carboxylic acids is 1. The third-order valence-corrected chi connectivity index (χ3v) is 9.97. The molecule has 1 N–H and O–H groups in total. The first kappa shape index (κ1) is 39.3. The van der Waals surface area contributed by atoms with Crippen LogP contribution in [0, 0.1) is 37.1 Å². The molecule has 292 valence electrons. The Morgan fingerprint density at radius 2 is 0.948 bits per heavy atom. The molecule has 0 spiro atoms. The summed E-state index contributed by atoms with van der Waals surface area (Å²) in [6, 6.07) is 36.3. The molecule has 2 aromatic heterocycles. The number of rotatable bonds is 9. The van der Waals surface area contributed by atoms with Gasteiger partial charge in [-0.2, -0.15) is 0 Å². The van der Waals surface area contributed by atoms with Gasteiger partial charge in [0, 0.05) is 55.2 Å². The van der Waals surface area contributed by atoms with Crippen LogP contribution in [0.5, 0.6) is 0 Å². The van der Waals surface area contributed by atoms with Crippen LogP contribution in [0.3, 0.4) is 0 Å². The minimum absolute atomic E-state index is 0.0301. The van der Waals surface area contributed by atoms with E-state index in [1.807, 2.05) is 44.2 Å². The average molecular weight is 783 g/mol. The highest BCUT2D eigenvalue weighted by Crippen LogP contribution is 2.39. The van der Waals surface area contributed by atoms with Gasteiger partial charge in [0.15, 0.2) is 0 Å². The molecule has 0 amide bonds. The number of hydrogen-bond donors (Lipinski definition) is 1. The summed E-state index contributed by atoms with van der Waals surface area (Å²) in [5.41, 5.74) is 5.45. The highest BCUT2D eigenvalue weighted by Gasteiger charge is 2.28. The number of esters is 1. The zero-order valence-corrected chi connectivity index (χ0v) is 31.9. The molecule has 0 aliphatic carbocycles. The lowest BCUT2D eigenvalue weighted by atomic mass is 10.00. The van der Waals surface area contributed by atoms with Gasteiger partial charge in [-0.1, -0.05) is 96.1 Å². The van der Waals surface area contributed by atoms with Crippen LogP contribution in [0.25, 0.3) is 44.1 Å². The number of nitrogens with zero attached hydrogens (tertiary/aromatic N) is 2. The van der Waals surface area contributed by atoms with Gasteiger partial charge in [0.1, 0.15) is 34.7 Å². The molecule has 58 heavy (non-hydrogen) atoms. The second-order valence-electron chi connectivity index (χ2n) is 13.8. The summed E-state index contributed by atoms with van der Waals surface area (Å²) in [6.45, 7) is 5.86. The van der Waals surface area contributed by atoms with Crippen molar-refractivity contribution in [1.29, 1.82) is 0 Å². The van der Waals surface area contributed by atoms with Crippen LogP contribution in [0.4, 0.5) is 17.6 Å². The Hall–Kier alpha value is -6.94. The molecular weight excluding hydrogens is 745 g/mol. The van der Waals surface area contributed by atoms with Crippen molar-refractivity contribution in [3.05, 3.63) is 190 Å². The lowest BCUT2D eigenvalue weighted by molar-refractivity contribution is 0.0515. The fourth-order valence-corrected chi connectivity index (χ4v) is 7.37. The van der Waals surface area contributed by atoms with E-state index >= 15 is 0 Å². The highest BCUT2D eigenvalue weighted by atomic mass is 19.1. The fourth-order valence-electron chi connectivity index (χ4n) is 7.37. The van der Waals surface area contributed by atoms with Crippen LogP contribution in [0.15, 0.2) is 133 Å². The van der Waals surface area contributed by atoms with Crippen molar-refractivity contribution < 1.29 is 37.0 Å². The Kier molecular flexibility index (Phi) is 11.3. The normalized spacial score (nSPS) is 11.1. The predicted octanol–water partition coefficient (Wildman–Crippen LogP) is 11.8. The van der Waals surface area contributed by atoms with Crippen molar-refractivity contribution in [2.24, 2.45) is 0 Å². The molecule has 2 heterocycles. The number of halogens is 4. The van der Waals surface area contributed by atoms with Crippen LogP contribution in [-0.4, -0.2) is 32.8 Å². The van der Waals surface area contributed by atoms with Crippen molar-refractivity contribution in [1.82, 2.24) is 9.13 Å². The molecule has 0 fully saturated rings. The molecule has 0 aliphatic heterocycles. The number of benzene rings is 6. The van der Waals surface area contributed by atoms with E-state index in [-0.39, 0.29) is 42.5 Å². The number of carbonyl (C=O) groups is 2. The van der Waals surface area contributed by atoms with Gasteiger partial charge in [-0.3, -0.25) is 0 Å². The van der Waals surface area contributed by atoms with Crippen molar-refractivity contribution in [3.8, 4) is 22.3 Å². The maximum atomic E-state index is 14.8. The van der Waals surface area contributed by atoms with Gasteiger partial charge in [-0.15, -0.1) is 0 Å². The van der Waals surface area contributed by atoms with E-state index in [0.717, 1.165) is 16.5 Å². The second kappa shape index (κ2) is 16.7. The van der Waals surface area contributed by atoms with Crippen LogP contribution in [-0.2, 0) is 17.8 Å². The predicted molar refractivity (Wildman–Crippen MR) is 218 cm³/mol. The van der Waals surface area contributed by atoms with Crippen LogP contribution in [0.2, 0.25) is 0 Å². The van der Waals surface area contributed by atoms with Crippen molar-refractivity contribution >= 4 is 33.7 Å². The summed E-state index contributed by atoms with van der Waals surface area (Å²) in [7, 11) is 0. The molecule has 8 aromatic rings. The number of carboxylic acid groups (broad SMARTS) is 1.